The predicted octanol–water partition coefficient (Wildman–Crippen LogP) is 6.62. The Kier molecular flexibility index (Phi) is 15.3. The Balaban J connectivity index is 0. The molecule has 0 heterocycles. The van der Waals surface area contributed by atoms with Gasteiger partial charge in [0.2, 0.25) is 5.91 Å². The van der Waals surface area contributed by atoms with E-state index in [0.717, 1.165) is 18.6 Å². The number of carbonyl (C=O) groups is 1. The lowest BCUT2D eigenvalue weighted by molar-refractivity contribution is -0.120. The summed E-state index contributed by atoms with van der Waals surface area (Å²) < 4.78 is 61.2. The molecule has 1 rings (SSSR count). The molecule has 0 fully saturated rings. The molecule has 0 spiro atoms. The Labute approximate surface area is 179 Å². The summed E-state index contributed by atoms with van der Waals surface area (Å²) in [7, 11) is -5.44. The quantitative estimate of drug-likeness (QED) is 0.463. The van der Waals surface area contributed by atoms with Crippen LogP contribution in [0.5, 0.6) is 0 Å². The third-order valence-electron chi connectivity index (χ3n) is 3.73. The summed E-state index contributed by atoms with van der Waals surface area (Å²) in [6, 6.07) is 2.91. The maximum Gasteiger partial charge on any atom is 0.501 e. The predicted molar refractivity (Wildman–Crippen MR) is 118 cm³/mol. The van der Waals surface area contributed by atoms with Crippen molar-refractivity contribution in [2.45, 2.75) is 84.6 Å². The summed E-state index contributed by atoms with van der Waals surface area (Å²) in [5.74, 6) is -0.451. The van der Waals surface area contributed by atoms with Gasteiger partial charge in [0.1, 0.15) is 0 Å². The van der Waals surface area contributed by atoms with E-state index < -0.39 is 20.2 Å². The molecule has 0 bridgehead atoms. The molecule has 176 valence electrons. The molecule has 30 heavy (non-hydrogen) atoms. The number of alkyl halides is 3. The standard InChI is InChI=1S/C16H23F3N2O3S.C3H8.C2H6/c1-4-7-11(5-2)15(22)21-13-9-8-12(10-14(13)20-6-3)25(23,24)16(17,18)19;1-3-2;1-2/h8-11,20H,4-7H2,1-3H3,(H,21,22);3H2,1-2H3;1-2H3. The number of hydrogen-bond donors (Lipinski definition) is 2. The van der Waals surface area contributed by atoms with Crippen LogP contribution in [0.1, 0.15) is 74.1 Å². The Hall–Kier alpha value is -1.77. The zero-order valence-corrected chi connectivity index (χ0v) is 19.9. The number of nitrogens with one attached hydrogen (secondary N) is 2. The second-order valence-electron chi connectivity index (χ2n) is 6.28. The van der Waals surface area contributed by atoms with Crippen LogP contribution in [0.4, 0.5) is 24.5 Å². The Morgan fingerprint density at radius 1 is 1.03 bits per heavy atom. The van der Waals surface area contributed by atoms with Crippen molar-refractivity contribution in [1.82, 2.24) is 0 Å². The monoisotopic (exact) mass is 454 g/mol. The molecule has 2 N–H and O–H groups in total. The minimum absolute atomic E-state index is 0.132. The molecule has 1 atom stereocenters. The third kappa shape index (κ3) is 9.36. The van der Waals surface area contributed by atoms with E-state index in [1.54, 1.807) is 6.92 Å². The van der Waals surface area contributed by atoms with Gasteiger partial charge in [0, 0.05) is 12.5 Å². The fraction of sp³-hybridized carbons (Fsp3) is 0.667. The number of anilines is 2. The van der Waals surface area contributed by atoms with Crippen molar-refractivity contribution in [1.29, 1.82) is 0 Å². The fourth-order valence-corrected chi connectivity index (χ4v) is 3.16. The van der Waals surface area contributed by atoms with E-state index >= 15 is 0 Å². The number of rotatable bonds is 8. The van der Waals surface area contributed by atoms with Crippen LogP contribution in [0.15, 0.2) is 23.1 Å². The second kappa shape index (κ2) is 15.1. The van der Waals surface area contributed by atoms with E-state index in [9.17, 15) is 26.4 Å². The minimum atomic E-state index is -5.44. The minimum Gasteiger partial charge on any atom is -0.384 e. The highest BCUT2D eigenvalue weighted by molar-refractivity contribution is 7.92. The Bertz CT molecular complexity index is 721. The normalized spacial score (nSPS) is 11.9. The van der Waals surface area contributed by atoms with Gasteiger partial charge in [-0.05, 0) is 38.0 Å². The van der Waals surface area contributed by atoms with Crippen LogP contribution < -0.4 is 10.6 Å². The molecule has 1 aromatic rings. The molecule has 0 aliphatic heterocycles. The highest BCUT2D eigenvalue weighted by Gasteiger charge is 2.47. The Morgan fingerprint density at radius 2 is 1.57 bits per heavy atom. The van der Waals surface area contributed by atoms with Crippen molar-refractivity contribution in [3.63, 3.8) is 0 Å². The van der Waals surface area contributed by atoms with Gasteiger partial charge >= 0.3 is 5.51 Å². The fourth-order valence-electron chi connectivity index (χ4n) is 2.37. The molecule has 0 aromatic heterocycles. The van der Waals surface area contributed by atoms with E-state index in [1.807, 2.05) is 27.7 Å². The molecule has 1 aromatic carbocycles. The van der Waals surface area contributed by atoms with Gasteiger partial charge in [-0.2, -0.15) is 13.2 Å². The van der Waals surface area contributed by atoms with Crippen LogP contribution in [0, 0.1) is 5.92 Å². The molecule has 0 saturated carbocycles. The van der Waals surface area contributed by atoms with Gasteiger partial charge < -0.3 is 10.6 Å². The molecule has 1 unspecified atom stereocenters. The topological polar surface area (TPSA) is 75.3 Å². The lowest BCUT2D eigenvalue weighted by atomic mass is 10.00. The summed E-state index contributed by atoms with van der Waals surface area (Å²) in [6.45, 7) is 14.1. The van der Waals surface area contributed by atoms with Crippen molar-refractivity contribution < 1.29 is 26.4 Å². The van der Waals surface area contributed by atoms with Gasteiger partial charge in [-0.25, -0.2) is 8.42 Å². The first-order valence-corrected chi connectivity index (χ1v) is 12.0. The first-order chi connectivity index (χ1) is 14.0. The van der Waals surface area contributed by atoms with E-state index in [-0.39, 0.29) is 23.2 Å². The second-order valence-corrected chi connectivity index (χ2v) is 8.22. The number of amides is 1. The maximum atomic E-state index is 12.7. The van der Waals surface area contributed by atoms with E-state index in [1.165, 1.54) is 12.5 Å². The SMILES string of the molecule is CC.CCC.CCCC(CC)C(=O)Nc1ccc(S(=O)(=O)C(F)(F)F)cc1NCC. The molecular formula is C21H37F3N2O3S. The first kappa shape index (κ1) is 30.4. The first-order valence-electron chi connectivity index (χ1n) is 10.5. The lowest BCUT2D eigenvalue weighted by Crippen LogP contribution is -2.24. The highest BCUT2D eigenvalue weighted by Crippen LogP contribution is 2.34. The molecular weight excluding hydrogens is 417 g/mol. The summed E-state index contributed by atoms with van der Waals surface area (Å²) in [5, 5.41) is 5.46. The maximum absolute atomic E-state index is 12.7. The number of hydrogen-bond acceptors (Lipinski definition) is 4. The van der Waals surface area contributed by atoms with E-state index in [2.05, 4.69) is 24.5 Å². The lowest BCUT2D eigenvalue weighted by Gasteiger charge is -2.18. The van der Waals surface area contributed by atoms with Crippen molar-refractivity contribution in [3.8, 4) is 0 Å². The average Bonchev–Trinajstić information content (AvgIpc) is 2.68. The molecule has 0 radical (unpaired) electrons. The van der Waals surface area contributed by atoms with Crippen molar-refractivity contribution in [2.24, 2.45) is 5.92 Å². The summed E-state index contributed by atoms with van der Waals surface area (Å²) in [6.07, 6.45) is 3.41. The van der Waals surface area contributed by atoms with Gasteiger partial charge in [0.05, 0.1) is 16.3 Å². The number of carbonyl (C=O) groups excluding carboxylic acids is 1. The van der Waals surface area contributed by atoms with Crippen molar-refractivity contribution >= 4 is 27.1 Å². The Morgan fingerprint density at radius 3 is 1.97 bits per heavy atom. The highest BCUT2D eigenvalue weighted by atomic mass is 32.2. The van der Waals surface area contributed by atoms with Gasteiger partial charge in [-0.15, -0.1) is 0 Å². The number of sulfone groups is 1. The zero-order chi connectivity index (χ0) is 24.0. The van der Waals surface area contributed by atoms with E-state index in [0.29, 0.717) is 19.4 Å². The largest absolute Gasteiger partial charge is 0.501 e. The molecule has 0 aliphatic carbocycles. The van der Waals surface area contributed by atoms with Crippen LogP contribution in [0.3, 0.4) is 0 Å². The molecule has 0 aliphatic rings. The molecule has 5 nitrogen and oxygen atoms in total. The van der Waals surface area contributed by atoms with Crippen LogP contribution in [-0.2, 0) is 14.6 Å². The van der Waals surface area contributed by atoms with Gasteiger partial charge in [-0.3, -0.25) is 4.79 Å². The van der Waals surface area contributed by atoms with Crippen molar-refractivity contribution in [3.05, 3.63) is 18.2 Å². The summed E-state index contributed by atoms with van der Waals surface area (Å²) in [4.78, 5) is 11.4. The molecule has 0 saturated heterocycles. The smallest absolute Gasteiger partial charge is 0.384 e. The third-order valence-corrected chi connectivity index (χ3v) is 5.22. The van der Waals surface area contributed by atoms with Crippen LogP contribution >= 0.6 is 0 Å². The summed E-state index contributed by atoms with van der Waals surface area (Å²) in [5.41, 5.74) is -4.99. The van der Waals surface area contributed by atoms with Crippen LogP contribution in [-0.4, -0.2) is 26.4 Å². The van der Waals surface area contributed by atoms with Crippen LogP contribution in [0.2, 0.25) is 0 Å². The van der Waals surface area contributed by atoms with Gasteiger partial charge in [-0.1, -0.05) is 54.4 Å². The van der Waals surface area contributed by atoms with Crippen LogP contribution in [0.25, 0.3) is 0 Å². The number of halogens is 3. The zero-order valence-electron chi connectivity index (χ0n) is 19.1. The molecule has 9 heteroatoms. The molecule has 1 amide bonds. The average molecular weight is 455 g/mol. The van der Waals surface area contributed by atoms with E-state index in [4.69, 9.17) is 0 Å². The van der Waals surface area contributed by atoms with Gasteiger partial charge in [0.15, 0.2) is 0 Å². The van der Waals surface area contributed by atoms with Gasteiger partial charge in [0.25, 0.3) is 9.84 Å². The summed E-state index contributed by atoms with van der Waals surface area (Å²) >= 11 is 0. The number of benzene rings is 1. The van der Waals surface area contributed by atoms with Crippen molar-refractivity contribution in [2.75, 3.05) is 17.2 Å².